The van der Waals surface area contributed by atoms with Crippen molar-refractivity contribution in [2.24, 2.45) is 14.1 Å². The summed E-state index contributed by atoms with van der Waals surface area (Å²) in [7, 11) is -1.44. The Morgan fingerprint density at radius 3 is 2.45 bits per heavy atom. The lowest BCUT2D eigenvalue weighted by Crippen LogP contribution is -2.42. The highest BCUT2D eigenvalue weighted by Gasteiger charge is 2.27. The van der Waals surface area contributed by atoms with Crippen molar-refractivity contribution >= 4 is 10.0 Å². The van der Waals surface area contributed by atoms with Gasteiger partial charge in [-0.25, -0.2) is 13.2 Å². The van der Waals surface area contributed by atoms with E-state index in [2.05, 4.69) is 0 Å². The summed E-state index contributed by atoms with van der Waals surface area (Å²) in [6.45, 7) is 1.75. The molecule has 8 nitrogen and oxygen atoms in total. The van der Waals surface area contributed by atoms with Crippen LogP contribution in [0.15, 0.2) is 20.7 Å². The van der Waals surface area contributed by atoms with E-state index in [1.807, 2.05) is 6.07 Å². The molecule has 0 bridgehead atoms. The molecule has 0 saturated heterocycles. The van der Waals surface area contributed by atoms with Crippen molar-refractivity contribution < 1.29 is 8.42 Å². The SMILES string of the molecule is CCN(CCC#N)S(=O)(=O)c1cn(C)c(=O)n(C)c1=O. The van der Waals surface area contributed by atoms with Crippen LogP contribution in [-0.2, 0) is 24.1 Å². The Bertz CT molecular complexity index is 754. The van der Waals surface area contributed by atoms with Crippen LogP contribution in [0, 0.1) is 11.3 Å². The fourth-order valence-electron chi connectivity index (χ4n) is 1.71. The van der Waals surface area contributed by atoms with Crippen LogP contribution in [0.4, 0.5) is 0 Å². The van der Waals surface area contributed by atoms with Crippen LogP contribution >= 0.6 is 0 Å². The zero-order chi connectivity index (χ0) is 15.5. The zero-order valence-electron chi connectivity index (χ0n) is 11.5. The highest BCUT2D eigenvalue weighted by atomic mass is 32.2. The normalized spacial score (nSPS) is 11.6. The van der Waals surface area contributed by atoms with Crippen molar-refractivity contribution in [3.8, 4) is 6.07 Å². The molecule has 1 heterocycles. The molecule has 0 aromatic carbocycles. The lowest BCUT2D eigenvalue weighted by atomic mass is 10.5. The van der Waals surface area contributed by atoms with Crippen molar-refractivity contribution in [1.29, 1.82) is 5.26 Å². The second-order valence-electron chi connectivity index (χ2n) is 4.16. The molecule has 0 atom stereocenters. The number of rotatable bonds is 5. The van der Waals surface area contributed by atoms with Gasteiger partial charge >= 0.3 is 5.69 Å². The summed E-state index contributed by atoms with van der Waals surface area (Å²) in [5, 5.41) is 8.54. The number of hydrogen-bond donors (Lipinski definition) is 0. The van der Waals surface area contributed by atoms with Crippen LogP contribution in [-0.4, -0.2) is 34.9 Å². The predicted molar refractivity (Wildman–Crippen MR) is 71.6 cm³/mol. The van der Waals surface area contributed by atoms with Crippen LogP contribution in [0.2, 0.25) is 0 Å². The van der Waals surface area contributed by atoms with Gasteiger partial charge in [-0.3, -0.25) is 9.36 Å². The molecule has 9 heteroatoms. The lowest BCUT2D eigenvalue weighted by molar-refractivity contribution is 0.432. The molecule has 0 N–H and O–H groups in total. The maximum atomic E-state index is 12.4. The van der Waals surface area contributed by atoms with E-state index in [1.165, 1.54) is 14.1 Å². The molecule has 1 aromatic heterocycles. The third-order valence-electron chi connectivity index (χ3n) is 2.86. The molecule has 0 amide bonds. The van der Waals surface area contributed by atoms with Gasteiger partial charge in [-0.15, -0.1) is 0 Å². The van der Waals surface area contributed by atoms with E-state index in [0.29, 0.717) is 0 Å². The first-order valence-electron chi connectivity index (χ1n) is 5.91. The minimum atomic E-state index is -4.03. The summed E-state index contributed by atoms with van der Waals surface area (Å²) in [5.74, 6) is 0. The fourth-order valence-corrected chi connectivity index (χ4v) is 3.31. The van der Waals surface area contributed by atoms with Gasteiger partial charge in [0.2, 0.25) is 10.0 Å². The first-order chi connectivity index (χ1) is 9.27. The molecule has 0 saturated carbocycles. The second-order valence-corrected chi connectivity index (χ2v) is 6.06. The summed E-state index contributed by atoms with van der Waals surface area (Å²) in [4.78, 5) is 23.0. The van der Waals surface area contributed by atoms with E-state index < -0.39 is 26.2 Å². The molecule has 0 radical (unpaired) electrons. The maximum absolute atomic E-state index is 12.4. The third kappa shape index (κ3) is 2.81. The Kier molecular flexibility index (Phi) is 4.86. The Labute approximate surface area is 116 Å². The van der Waals surface area contributed by atoms with E-state index in [1.54, 1.807) is 6.92 Å². The van der Waals surface area contributed by atoms with Crippen molar-refractivity contribution in [1.82, 2.24) is 13.4 Å². The first kappa shape index (κ1) is 16.1. The Morgan fingerprint density at radius 1 is 1.35 bits per heavy atom. The van der Waals surface area contributed by atoms with Gasteiger partial charge in [0.05, 0.1) is 6.07 Å². The summed E-state index contributed by atoms with van der Waals surface area (Å²) in [5.41, 5.74) is -1.47. The lowest BCUT2D eigenvalue weighted by Gasteiger charge is -2.19. The molecule has 1 aromatic rings. The Hall–Kier alpha value is -1.92. The van der Waals surface area contributed by atoms with Crippen molar-refractivity contribution in [2.75, 3.05) is 13.1 Å². The highest BCUT2D eigenvalue weighted by Crippen LogP contribution is 2.10. The van der Waals surface area contributed by atoms with Gasteiger partial charge in [-0.2, -0.15) is 9.57 Å². The van der Waals surface area contributed by atoms with E-state index in [4.69, 9.17) is 5.26 Å². The van der Waals surface area contributed by atoms with Gasteiger partial charge in [-0.1, -0.05) is 6.92 Å². The van der Waals surface area contributed by atoms with E-state index in [-0.39, 0.29) is 19.5 Å². The van der Waals surface area contributed by atoms with Gasteiger partial charge in [0.1, 0.15) is 0 Å². The van der Waals surface area contributed by atoms with Crippen LogP contribution in [0.25, 0.3) is 0 Å². The smallest absolute Gasteiger partial charge is 0.302 e. The van der Waals surface area contributed by atoms with Crippen LogP contribution in [0.5, 0.6) is 0 Å². The van der Waals surface area contributed by atoms with E-state index in [9.17, 15) is 18.0 Å². The van der Waals surface area contributed by atoms with Crippen LogP contribution in [0.3, 0.4) is 0 Å². The number of nitriles is 1. The Morgan fingerprint density at radius 2 is 1.95 bits per heavy atom. The number of aryl methyl sites for hydroxylation is 1. The molecule has 0 aliphatic heterocycles. The maximum Gasteiger partial charge on any atom is 0.330 e. The van der Waals surface area contributed by atoms with Crippen molar-refractivity contribution in [3.63, 3.8) is 0 Å². The number of sulfonamides is 1. The topological polar surface area (TPSA) is 105 Å². The predicted octanol–water partition coefficient (Wildman–Crippen LogP) is -0.992. The quantitative estimate of drug-likeness (QED) is 0.694. The van der Waals surface area contributed by atoms with E-state index >= 15 is 0 Å². The summed E-state index contributed by atoms with van der Waals surface area (Å²) < 4.78 is 27.6. The minimum Gasteiger partial charge on any atom is -0.302 e. The molecule has 1 rings (SSSR count). The standard InChI is InChI=1S/C11H16N4O4S/c1-4-15(7-5-6-12)20(18,19)9-8-13(2)11(17)14(3)10(9)16/h8H,4-5,7H2,1-3H3. The fraction of sp³-hybridized carbons (Fsp3) is 0.545. The largest absolute Gasteiger partial charge is 0.330 e. The molecule has 110 valence electrons. The van der Waals surface area contributed by atoms with Crippen LogP contribution in [0.1, 0.15) is 13.3 Å². The highest BCUT2D eigenvalue weighted by molar-refractivity contribution is 7.89. The number of nitrogens with zero attached hydrogens (tertiary/aromatic N) is 4. The summed E-state index contributed by atoms with van der Waals surface area (Å²) >= 11 is 0. The average molecular weight is 300 g/mol. The second kappa shape index (κ2) is 6.02. The Balaban J connectivity index is 3.47. The van der Waals surface area contributed by atoms with Gasteiger partial charge in [-0.05, 0) is 0 Å². The van der Waals surface area contributed by atoms with Crippen molar-refractivity contribution in [3.05, 3.63) is 27.0 Å². The molecular formula is C11H16N4O4S. The number of aromatic nitrogens is 2. The monoisotopic (exact) mass is 300 g/mol. The molecule has 20 heavy (non-hydrogen) atoms. The van der Waals surface area contributed by atoms with Gasteiger partial charge in [0.15, 0.2) is 4.90 Å². The molecule has 0 fully saturated rings. The molecule has 0 aliphatic carbocycles. The molecule has 0 unspecified atom stereocenters. The molecule has 0 aliphatic rings. The van der Waals surface area contributed by atoms with Gasteiger partial charge < -0.3 is 4.57 Å². The minimum absolute atomic E-state index is 0.00132. The molecular weight excluding hydrogens is 284 g/mol. The average Bonchev–Trinajstić information content (AvgIpc) is 2.41. The molecule has 0 spiro atoms. The van der Waals surface area contributed by atoms with Crippen molar-refractivity contribution in [2.45, 2.75) is 18.2 Å². The summed E-state index contributed by atoms with van der Waals surface area (Å²) in [6.07, 6.45) is 1.04. The van der Waals surface area contributed by atoms with Gasteiger partial charge in [0.25, 0.3) is 5.56 Å². The third-order valence-corrected chi connectivity index (χ3v) is 4.81. The summed E-state index contributed by atoms with van der Waals surface area (Å²) in [6, 6.07) is 1.86. The van der Waals surface area contributed by atoms with E-state index in [0.717, 1.165) is 19.6 Å². The number of hydrogen-bond acceptors (Lipinski definition) is 5. The van der Waals surface area contributed by atoms with Gasteiger partial charge in [0, 0.05) is 39.8 Å². The zero-order valence-corrected chi connectivity index (χ0v) is 12.3. The van der Waals surface area contributed by atoms with Crippen LogP contribution < -0.4 is 11.2 Å². The first-order valence-corrected chi connectivity index (χ1v) is 7.35.